The molecule has 12 heavy (non-hydrogen) atoms. The number of hydrogen-bond donors (Lipinski definition) is 1. The lowest BCUT2D eigenvalue weighted by atomic mass is 10.2. The summed E-state index contributed by atoms with van der Waals surface area (Å²) in [5.41, 5.74) is 1.10. The Balaban J connectivity index is 0.00000121. The van der Waals surface area contributed by atoms with Gasteiger partial charge >= 0.3 is 0 Å². The highest BCUT2D eigenvalue weighted by atomic mass is 35.5. The fourth-order valence-electron chi connectivity index (χ4n) is 0.821. The van der Waals surface area contributed by atoms with Crippen molar-refractivity contribution in [3.8, 4) is 0 Å². The number of aryl methyl sites for hydroxylation is 1. The first-order valence-corrected chi connectivity index (χ1v) is 5.48. The van der Waals surface area contributed by atoms with Gasteiger partial charge < -0.3 is 4.89 Å². The molecule has 1 N–H and O–H groups in total. The van der Waals surface area contributed by atoms with Crippen LogP contribution >= 0.6 is 19.8 Å². The molecule has 0 fully saturated rings. The maximum absolute atomic E-state index is 11.1. The van der Waals surface area contributed by atoms with E-state index in [1.165, 1.54) is 6.66 Å². The predicted octanol–water partition coefficient (Wildman–Crippen LogP) is 1.94. The van der Waals surface area contributed by atoms with Gasteiger partial charge in [0.1, 0.15) is 0 Å². The van der Waals surface area contributed by atoms with Gasteiger partial charge in [-0.1, -0.05) is 17.7 Å². The fraction of sp³-hybridized carbons (Fsp3) is 0.250. The van der Waals surface area contributed by atoms with Crippen LogP contribution in [0.4, 0.5) is 0 Å². The number of halogens is 1. The smallest absolute Gasteiger partial charge is 0.226 e. The molecule has 0 aromatic heterocycles. The molecule has 0 saturated heterocycles. The van der Waals surface area contributed by atoms with Gasteiger partial charge in [0.15, 0.2) is 0 Å². The van der Waals surface area contributed by atoms with Crippen LogP contribution in [0.3, 0.4) is 0 Å². The molecule has 1 rings (SSSR count). The molecule has 0 aliphatic heterocycles. The molecule has 0 bridgehead atoms. The topological polar surface area (TPSA) is 37.3 Å². The third-order valence-electron chi connectivity index (χ3n) is 1.51. The first kappa shape index (κ1) is 11.7. The summed E-state index contributed by atoms with van der Waals surface area (Å²) in [7, 11) is -3.04. The van der Waals surface area contributed by atoms with Crippen LogP contribution in [-0.2, 0) is 4.57 Å². The number of rotatable bonds is 1. The van der Waals surface area contributed by atoms with Crippen molar-refractivity contribution in [3.63, 3.8) is 0 Å². The Morgan fingerprint density at radius 2 is 1.67 bits per heavy atom. The van der Waals surface area contributed by atoms with Gasteiger partial charge in [-0.2, -0.15) is 0 Å². The second-order valence-electron chi connectivity index (χ2n) is 2.71. The Bertz CT molecular complexity index is 288. The third-order valence-corrected chi connectivity index (χ3v) is 2.77. The average molecular weight is 207 g/mol. The second kappa shape index (κ2) is 4.08. The van der Waals surface area contributed by atoms with E-state index in [0.717, 1.165) is 5.56 Å². The fourth-order valence-corrected chi connectivity index (χ4v) is 1.52. The van der Waals surface area contributed by atoms with Crippen LogP contribution in [0.1, 0.15) is 5.56 Å². The average Bonchev–Trinajstić information content (AvgIpc) is 1.86. The van der Waals surface area contributed by atoms with Gasteiger partial charge in [-0.3, -0.25) is 4.57 Å². The minimum absolute atomic E-state index is 0. The Morgan fingerprint density at radius 1 is 1.25 bits per heavy atom. The summed E-state index contributed by atoms with van der Waals surface area (Å²) in [6.45, 7) is 3.29. The minimum atomic E-state index is -3.04. The summed E-state index contributed by atoms with van der Waals surface area (Å²) in [5.74, 6) is 0. The minimum Gasteiger partial charge on any atom is -0.341 e. The van der Waals surface area contributed by atoms with E-state index >= 15 is 0 Å². The van der Waals surface area contributed by atoms with E-state index in [1.807, 2.05) is 19.1 Å². The van der Waals surface area contributed by atoms with Gasteiger partial charge in [0.25, 0.3) is 0 Å². The maximum atomic E-state index is 11.1. The summed E-state index contributed by atoms with van der Waals surface area (Å²) in [5, 5.41) is 0.517. The van der Waals surface area contributed by atoms with Crippen molar-refractivity contribution in [1.82, 2.24) is 0 Å². The molecule has 0 heterocycles. The first-order chi connectivity index (χ1) is 5.00. The van der Waals surface area contributed by atoms with Crippen LogP contribution < -0.4 is 5.30 Å². The van der Waals surface area contributed by atoms with E-state index in [2.05, 4.69) is 0 Å². The third kappa shape index (κ3) is 2.98. The molecule has 4 heteroatoms. The maximum Gasteiger partial charge on any atom is 0.226 e. The zero-order valence-corrected chi connectivity index (χ0v) is 8.73. The van der Waals surface area contributed by atoms with Gasteiger partial charge in [-0.05, 0) is 19.1 Å². The highest BCUT2D eigenvalue weighted by molar-refractivity contribution is 7.65. The molecule has 0 amide bonds. The molecule has 0 aliphatic rings. The summed E-state index contributed by atoms with van der Waals surface area (Å²) in [6.07, 6.45) is 0. The molecule has 2 nitrogen and oxygen atoms in total. The molecule has 1 atom stereocenters. The van der Waals surface area contributed by atoms with Crippen molar-refractivity contribution in [2.24, 2.45) is 0 Å². The molecular weight excluding hydrogens is 195 g/mol. The summed E-state index contributed by atoms with van der Waals surface area (Å²) < 4.78 is 11.1. The van der Waals surface area contributed by atoms with Crippen molar-refractivity contribution in [2.75, 3.05) is 6.66 Å². The van der Waals surface area contributed by atoms with Crippen LogP contribution in [0.2, 0.25) is 0 Å². The van der Waals surface area contributed by atoms with Crippen LogP contribution in [0.5, 0.6) is 0 Å². The lowest BCUT2D eigenvalue weighted by molar-refractivity contribution is 0.496. The van der Waals surface area contributed by atoms with Gasteiger partial charge in [-0.15, -0.1) is 12.4 Å². The summed E-state index contributed by atoms with van der Waals surface area (Å²) >= 11 is 0. The van der Waals surface area contributed by atoms with Gasteiger partial charge in [-0.25, -0.2) is 0 Å². The van der Waals surface area contributed by atoms with E-state index < -0.39 is 7.37 Å². The van der Waals surface area contributed by atoms with Gasteiger partial charge in [0.2, 0.25) is 7.37 Å². The van der Waals surface area contributed by atoms with Crippen LogP contribution in [0, 0.1) is 6.92 Å². The van der Waals surface area contributed by atoms with Crippen molar-refractivity contribution >= 4 is 25.1 Å². The van der Waals surface area contributed by atoms with E-state index in [4.69, 9.17) is 4.89 Å². The van der Waals surface area contributed by atoms with Crippen molar-refractivity contribution in [3.05, 3.63) is 29.8 Å². The van der Waals surface area contributed by atoms with Crippen LogP contribution in [0.25, 0.3) is 0 Å². The van der Waals surface area contributed by atoms with Crippen molar-refractivity contribution in [1.29, 1.82) is 0 Å². The SMILES string of the molecule is Cc1ccc(P(C)(=O)O)cc1.Cl. The lowest BCUT2D eigenvalue weighted by Crippen LogP contribution is -2.01. The number of hydrogen-bond acceptors (Lipinski definition) is 1. The molecule has 1 unspecified atom stereocenters. The molecule has 1 aromatic rings. The van der Waals surface area contributed by atoms with Gasteiger partial charge in [0.05, 0.1) is 0 Å². The van der Waals surface area contributed by atoms with Crippen LogP contribution in [-0.4, -0.2) is 11.6 Å². The van der Waals surface area contributed by atoms with Crippen LogP contribution in [0.15, 0.2) is 24.3 Å². The molecule has 0 saturated carbocycles. The van der Waals surface area contributed by atoms with Gasteiger partial charge in [0, 0.05) is 12.0 Å². The Morgan fingerprint density at radius 3 is 2.00 bits per heavy atom. The van der Waals surface area contributed by atoms with E-state index in [0.29, 0.717) is 5.30 Å². The highest BCUT2D eigenvalue weighted by Gasteiger charge is 2.11. The Labute approximate surface area is 78.5 Å². The molecular formula is C8H12ClO2P. The summed E-state index contributed by atoms with van der Waals surface area (Å²) in [4.78, 5) is 9.14. The first-order valence-electron chi connectivity index (χ1n) is 3.37. The summed E-state index contributed by atoms with van der Waals surface area (Å²) in [6, 6.07) is 7.05. The predicted molar refractivity (Wildman–Crippen MR) is 53.8 cm³/mol. The number of benzene rings is 1. The largest absolute Gasteiger partial charge is 0.341 e. The Hall–Kier alpha value is -0.300. The van der Waals surface area contributed by atoms with Crippen molar-refractivity contribution in [2.45, 2.75) is 6.92 Å². The normalized spacial score (nSPS) is 14.6. The second-order valence-corrected chi connectivity index (χ2v) is 4.99. The Kier molecular flexibility index (Phi) is 3.98. The van der Waals surface area contributed by atoms with Crippen molar-refractivity contribution < 1.29 is 9.46 Å². The monoisotopic (exact) mass is 206 g/mol. The zero-order chi connectivity index (χ0) is 8.48. The van der Waals surface area contributed by atoms with E-state index in [-0.39, 0.29) is 12.4 Å². The molecule has 0 radical (unpaired) electrons. The molecule has 68 valence electrons. The standard InChI is InChI=1S/C8H11O2P.ClH/c1-7-3-5-8(6-4-7)11(2,9)10;/h3-6H,1-2H3,(H,9,10);1H. The highest BCUT2D eigenvalue weighted by Crippen LogP contribution is 2.33. The molecule has 0 aliphatic carbocycles. The quantitative estimate of drug-likeness (QED) is 0.713. The van der Waals surface area contributed by atoms with E-state index in [1.54, 1.807) is 12.1 Å². The molecule has 0 spiro atoms. The molecule has 1 aromatic carbocycles. The van der Waals surface area contributed by atoms with E-state index in [9.17, 15) is 4.57 Å². The lowest BCUT2D eigenvalue weighted by Gasteiger charge is -2.04. The zero-order valence-electron chi connectivity index (χ0n) is 7.02.